The Bertz CT molecular complexity index is 923. The number of anilines is 1. The maximum atomic E-state index is 12.5. The number of para-hydroxylation sites is 1. The zero-order chi connectivity index (χ0) is 19.6. The van der Waals surface area contributed by atoms with Crippen LogP contribution in [0.1, 0.15) is 23.1 Å². The van der Waals surface area contributed by atoms with E-state index in [1.165, 1.54) is 16.7 Å². The van der Waals surface area contributed by atoms with Crippen molar-refractivity contribution in [2.45, 2.75) is 32.4 Å². The van der Waals surface area contributed by atoms with Crippen molar-refractivity contribution in [3.05, 3.63) is 59.2 Å². The van der Waals surface area contributed by atoms with E-state index in [-0.39, 0.29) is 18.2 Å². The van der Waals surface area contributed by atoms with Gasteiger partial charge in [0.25, 0.3) is 0 Å². The Morgan fingerprint density at radius 2 is 1.81 bits per heavy atom. The highest BCUT2D eigenvalue weighted by Gasteiger charge is 2.37. The Morgan fingerprint density at radius 3 is 2.56 bits per heavy atom. The van der Waals surface area contributed by atoms with Crippen LogP contribution in [0.2, 0.25) is 0 Å². The first kappa shape index (κ1) is 19.2. The summed E-state index contributed by atoms with van der Waals surface area (Å²) in [6, 6.07) is 13.6. The smallest absolute Gasteiger partial charge is 0.242 e. The lowest BCUT2D eigenvalue weighted by Gasteiger charge is -2.12. The predicted octanol–water partition coefficient (Wildman–Crippen LogP) is 4.20. The fourth-order valence-electron chi connectivity index (χ4n) is 2.85. The first-order valence-corrected chi connectivity index (χ1v) is 9.69. The highest BCUT2D eigenvalue weighted by molar-refractivity contribution is 8.15. The Kier molecular flexibility index (Phi) is 5.65. The van der Waals surface area contributed by atoms with E-state index in [2.05, 4.69) is 10.3 Å². The molecule has 5 nitrogen and oxygen atoms in total. The second kappa shape index (κ2) is 7.96. The van der Waals surface area contributed by atoms with Gasteiger partial charge in [-0.25, -0.2) is 4.99 Å². The van der Waals surface area contributed by atoms with Crippen LogP contribution >= 0.6 is 11.8 Å². The normalized spacial score (nSPS) is 18.2. The zero-order valence-corrected chi connectivity index (χ0v) is 16.8. The van der Waals surface area contributed by atoms with Gasteiger partial charge in [-0.2, -0.15) is 0 Å². The van der Waals surface area contributed by atoms with Crippen molar-refractivity contribution >= 4 is 40.1 Å². The summed E-state index contributed by atoms with van der Waals surface area (Å²) in [5.74, 6) is -0.261. The van der Waals surface area contributed by atoms with Crippen LogP contribution in [0.3, 0.4) is 0 Å². The molecule has 0 bridgehead atoms. The third-order valence-corrected chi connectivity index (χ3v) is 5.95. The lowest BCUT2D eigenvalue weighted by Crippen LogP contribution is -2.30. The van der Waals surface area contributed by atoms with E-state index in [4.69, 9.17) is 0 Å². The number of hydrogen-bond donors (Lipinski definition) is 1. The van der Waals surface area contributed by atoms with Gasteiger partial charge >= 0.3 is 0 Å². The number of rotatable bonds is 4. The molecule has 1 atom stereocenters. The number of amidine groups is 1. The number of benzene rings is 2. The first-order valence-electron chi connectivity index (χ1n) is 8.81. The van der Waals surface area contributed by atoms with Gasteiger partial charge < -0.3 is 5.32 Å². The standard InChI is InChI=1S/C21H23N3O2S/c1-13-9-7-11-17(15(13)3)22-19(25)12-18-20(26)24(4)21(27-18)23-16-10-6-5-8-14(16)2/h5-11,18H,12H2,1-4H3,(H,22,25)/t18-/m1/s1. The van der Waals surface area contributed by atoms with Gasteiger partial charge in [0.1, 0.15) is 5.25 Å². The summed E-state index contributed by atoms with van der Waals surface area (Å²) < 4.78 is 0. The van der Waals surface area contributed by atoms with E-state index >= 15 is 0 Å². The fourth-order valence-corrected chi connectivity index (χ4v) is 3.99. The molecule has 0 radical (unpaired) electrons. The van der Waals surface area contributed by atoms with Gasteiger partial charge in [0.05, 0.1) is 5.69 Å². The molecule has 1 aliphatic rings. The Hall–Kier alpha value is -2.60. The lowest BCUT2D eigenvalue weighted by atomic mass is 10.1. The summed E-state index contributed by atoms with van der Waals surface area (Å²) >= 11 is 1.34. The number of nitrogens with one attached hydrogen (secondary N) is 1. The third kappa shape index (κ3) is 4.22. The molecule has 6 heteroatoms. The van der Waals surface area contributed by atoms with Crippen molar-refractivity contribution in [1.29, 1.82) is 0 Å². The summed E-state index contributed by atoms with van der Waals surface area (Å²) in [4.78, 5) is 31.2. The summed E-state index contributed by atoms with van der Waals surface area (Å²) in [7, 11) is 1.70. The number of amides is 2. The minimum Gasteiger partial charge on any atom is -0.326 e. The molecule has 2 amide bonds. The second-order valence-corrected chi connectivity index (χ2v) is 7.85. The molecule has 0 unspecified atom stereocenters. The van der Waals surface area contributed by atoms with E-state index in [0.717, 1.165) is 28.1 Å². The van der Waals surface area contributed by atoms with Gasteiger partial charge in [-0.3, -0.25) is 14.5 Å². The minimum absolute atomic E-state index is 0.0940. The first-order chi connectivity index (χ1) is 12.9. The molecule has 1 heterocycles. The summed E-state index contributed by atoms with van der Waals surface area (Å²) in [6.45, 7) is 5.96. The summed E-state index contributed by atoms with van der Waals surface area (Å²) in [5, 5.41) is 3.09. The maximum absolute atomic E-state index is 12.5. The SMILES string of the molecule is Cc1ccccc1N=C1S[C@H](CC(=O)Nc2cccc(C)c2C)C(=O)N1C. The van der Waals surface area contributed by atoms with Crippen molar-refractivity contribution in [2.24, 2.45) is 4.99 Å². The van der Waals surface area contributed by atoms with Crippen molar-refractivity contribution < 1.29 is 9.59 Å². The van der Waals surface area contributed by atoms with Gasteiger partial charge in [-0.1, -0.05) is 42.1 Å². The molecule has 1 saturated heterocycles. The van der Waals surface area contributed by atoms with Gasteiger partial charge in [-0.15, -0.1) is 0 Å². The highest BCUT2D eigenvalue weighted by Crippen LogP contribution is 2.31. The average molecular weight is 382 g/mol. The lowest BCUT2D eigenvalue weighted by molar-refractivity contribution is -0.127. The van der Waals surface area contributed by atoms with E-state index in [9.17, 15) is 9.59 Å². The number of hydrogen-bond acceptors (Lipinski definition) is 4. The van der Waals surface area contributed by atoms with Crippen LogP contribution in [-0.4, -0.2) is 34.2 Å². The molecule has 0 spiro atoms. The maximum Gasteiger partial charge on any atom is 0.242 e. The average Bonchev–Trinajstić information content (AvgIpc) is 2.89. The molecule has 3 rings (SSSR count). The number of nitrogens with zero attached hydrogens (tertiary/aromatic N) is 2. The van der Waals surface area contributed by atoms with Crippen molar-refractivity contribution in [1.82, 2.24) is 4.90 Å². The van der Waals surface area contributed by atoms with Gasteiger partial charge in [-0.05, 0) is 49.6 Å². The molecular formula is C21H23N3O2S. The Balaban J connectivity index is 1.71. The molecule has 27 heavy (non-hydrogen) atoms. The van der Waals surface area contributed by atoms with Gasteiger partial charge in [0, 0.05) is 19.2 Å². The quantitative estimate of drug-likeness (QED) is 0.863. The van der Waals surface area contributed by atoms with Crippen LogP contribution in [0.4, 0.5) is 11.4 Å². The van der Waals surface area contributed by atoms with E-state index in [1.54, 1.807) is 7.05 Å². The van der Waals surface area contributed by atoms with E-state index < -0.39 is 5.25 Å². The van der Waals surface area contributed by atoms with Crippen molar-refractivity contribution in [3.63, 3.8) is 0 Å². The number of aliphatic imine (C=N–C) groups is 1. The summed E-state index contributed by atoms with van der Waals surface area (Å²) in [5.41, 5.74) is 4.82. The minimum atomic E-state index is -0.456. The van der Waals surface area contributed by atoms with Crippen LogP contribution in [-0.2, 0) is 9.59 Å². The summed E-state index contributed by atoms with van der Waals surface area (Å²) in [6.07, 6.45) is 0.119. The van der Waals surface area contributed by atoms with Crippen LogP contribution in [0.5, 0.6) is 0 Å². The van der Waals surface area contributed by atoms with E-state index in [1.807, 2.05) is 63.2 Å². The Morgan fingerprint density at radius 1 is 1.11 bits per heavy atom. The van der Waals surface area contributed by atoms with E-state index in [0.29, 0.717) is 5.17 Å². The number of aryl methyl sites for hydroxylation is 2. The molecule has 0 aliphatic carbocycles. The van der Waals surface area contributed by atoms with Crippen LogP contribution < -0.4 is 5.32 Å². The molecule has 0 aromatic heterocycles. The molecule has 0 saturated carbocycles. The molecule has 2 aromatic rings. The molecular weight excluding hydrogens is 358 g/mol. The molecule has 1 fully saturated rings. The largest absolute Gasteiger partial charge is 0.326 e. The predicted molar refractivity (Wildman–Crippen MR) is 112 cm³/mol. The zero-order valence-electron chi connectivity index (χ0n) is 15.9. The Labute approximate surface area is 163 Å². The molecule has 2 aromatic carbocycles. The van der Waals surface area contributed by atoms with Gasteiger partial charge in [0.15, 0.2) is 5.17 Å². The number of carbonyl (C=O) groups excluding carboxylic acids is 2. The number of thioether (sulfide) groups is 1. The second-order valence-electron chi connectivity index (χ2n) is 6.68. The van der Waals surface area contributed by atoms with Gasteiger partial charge in [0.2, 0.25) is 11.8 Å². The monoisotopic (exact) mass is 381 g/mol. The van der Waals surface area contributed by atoms with Crippen LogP contribution in [0, 0.1) is 20.8 Å². The third-order valence-electron chi connectivity index (χ3n) is 4.72. The van der Waals surface area contributed by atoms with Crippen molar-refractivity contribution in [2.75, 3.05) is 12.4 Å². The fraction of sp³-hybridized carbons (Fsp3) is 0.286. The molecule has 140 valence electrons. The highest BCUT2D eigenvalue weighted by atomic mass is 32.2. The van der Waals surface area contributed by atoms with Crippen molar-refractivity contribution in [3.8, 4) is 0 Å². The topological polar surface area (TPSA) is 61.8 Å². The number of carbonyl (C=O) groups is 2. The van der Waals surface area contributed by atoms with Crippen LogP contribution in [0.25, 0.3) is 0 Å². The molecule has 1 aliphatic heterocycles. The van der Waals surface area contributed by atoms with Crippen LogP contribution in [0.15, 0.2) is 47.5 Å². The molecule has 1 N–H and O–H groups in total.